The van der Waals surface area contributed by atoms with Gasteiger partial charge in [0.05, 0.1) is 10.7 Å². The molecule has 25 heavy (non-hydrogen) atoms. The fourth-order valence-corrected chi connectivity index (χ4v) is 6.04. The first-order valence-corrected chi connectivity index (χ1v) is 9.51. The molecule has 1 amide bonds. The summed E-state index contributed by atoms with van der Waals surface area (Å²) in [7, 11) is 0. The van der Waals surface area contributed by atoms with Gasteiger partial charge in [-0.25, -0.2) is 8.78 Å². The lowest BCUT2D eigenvalue weighted by Gasteiger charge is -2.56. The van der Waals surface area contributed by atoms with Crippen LogP contribution in [0, 0.1) is 30.1 Å². The molecule has 0 aliphatic heterocycles. The second kappa shape index (κ2) is 6.22. The van der Waals surface area contributed by atoms with Crippen molar-refractivity contribution < 1.29 is 13.6 Å². The molecule has 0 aromatic carbocycles. The predicted molar refractivity (Wildman–Crippen MR) is 90.5 cm³/mol. The van der Waals surface area contributed by atoms with E-state index in [2.05, 4.69) is 10.4 Å². The van der Waals surface area contributed by atoms with Crippen molar-refractivity contribution in [1.82, 2.24) is 15.1 Å². The number of hydrogen-bond donors (Lipinski definition) is 1. The highest BCUT2D eigenvalue weighted by Crippen LogP contribution is 2.59. The van der Waals surface area contributed by atoms with Gasteiger partial charge in [0.15, 0.2) is 0 Å². The van der Waals surface area contributed by atoms with Crippen LogP contribution < -0.4 is 5.32 Å². The Bertz CT molecular complexity index is 653. The minimum absolute atomic E-state index is 0.0520. The largest absolute Gasteiger partial charge is 0.354 e. The van der Waals surface area contributed by atoms with Gasteiger partial charge < -0.3 is 5.32 Å². The molecule has 4 saturated carbocycles. The number of alkyl halides is 2. The van der Waals surface area contributed by atoms with E-state index in [9.17, 15) is 13.6 Å². The number of nitrogens with zero attached hydrogens (tertiary/aromatic N) is 2. The molecule has 1 N–H and O–H groups in total. The van der Waals surface area contributed by atoms with Crippen LogP contribution >= 0.6 is 11.6 Å². The average molecular weight is 372 g/mol. The van der Waals surface area contributed by atoms with E-state index in [0.29, 0.717) is 12.2 Å². The highest BCUT2D eigenvalue weighted by Gasteiger charge is 2.50. The van der Waals surface area contributed by atoms with Crippen molar-refractivity contribution >= 4 is 17.5 Å². The first-order valence-electron chi connectivity index (χ1n) is 9.13. The Kier molecular flexibility index (Phi) is 4.29. The number of carbonyl (C=O) groups excluding carboxylic acids is 1. The third-order valence-corrected chi connectivity index (χ3v) is 6.95. The van der Waals surface area contributed by atoms with Crippen LogP contribution in [0.3, 0.4) is 0 Å². The lowest BCUT2D eigenvalue weighted by atomic mass is 9.49. The van der Waals surface area contributed by atoms with Crippen molar-refractivity contribution in [3.63, 3.8) is 0 Å². The van der Waals surface area contributed by atoms with Crippen LogP contribution in [0.15, 0.2) is 0 Å². The summed E-state index contributed by atoms with van der Waals surface area (Å²) < 4.78 is 27.0. The molecule has 1 aromatic heterocycles. The molecule has 0 unspecified atom stereocenters. The summed E-state index contributed by atoms with van der Waals surface area (Å²) >= 11 is 5.89. The topological polar surface area (TPSA) is 46.9 Å². The van der Waals surface area contributed by atoms with Crippen molar-refractivity contribution in [1.29, 1.82) is 0 Å². The van der Waals surface area contributed by atoms with Gasteiger partial charge in [-0.2, -0.15) is 5.10 Å². The van der Waals surface area contributed by atoms with E-state index in [1.54, 1.807) is 6.92 Å². The van der Waals surface area contributed by atoms with Gasteiger partial charge in [-0.05, 0) is 68.6 Å². The zero-order chi connectivity index (χ0) is 17.8. The van der Waals surface area contributed by atoms with Gasteiger partial charge in [-0.3, -0.25) is 9.48 Å². The third-order valence-electron chi connectivity index (χ3n) is 6.48. The number of nitrogens with one attached hydrogen (secondary N) is 1. The van der Waals surface area contributed by atoms with Crippen molar-refractivity contribution in [2.75, 3.05) is 6.54 Å². The summed E-state index contributed by atoms with van der Waals surface area (Å²) in [5.74, 6) is 2.33. The minimum Gasteiger partial charge on any atom is -0.354 e. The van der Waals surface area contributed by atoms with E-state index in [1.807, 2.05) is 0 Å². The zero-order valence-corrected chi connectivity index (χ0v) is 15.2. The number of hydrogen-bond acceptors (Lipinski definition) is 2. The zero-order valence-electron chi connectivity index (χ0n) is 14.4. The molecule has 4 aliphatic carbocycles. The molecule has 5 rings (SSSR count). The Balaban J connectivity index is 1.38. The summed E-state index contributed by atoms with van der Waals surface area (Å²) in [6.07, 6.45) is 5.05. The van der Waals surface area contributed by atoms with E-state index >= 15 is 0 Å². The number of halogens is 3. The highest BCUT2D eigenvalue weighted by molar-refractivity contribution is 6.31. The molecule has 4 fully saturated rings. The maximum absolute atomic E-state index is 12.9. The maximum Gasteiger partial charge on any atom is 0.283 e. The molecular weight excluding hydrogens is 348 g/mol. The molecule has 4 aliphatic rings. The van der Waals surface area contributed by atoms with E-state index < -0.39 is 12.1 Å². The van der Waals surface area contributed by atoms with Gasteiger partial charge in [0.1, 0.15) is 12.2 Å². The van der Waals surface area contributed by atoms with Crippen LogP contribution in [-0.2, 0) is 11.3 Å². The Morgan fingerprint density at radius 3 is 2.32 bits per heavy atom. The van der Waals surface area contributed by atoms with E-state index in [4.69, 9.17) is 11.6 Å². The standard InChI is InChI=1S/C18H24ClF2N3O/c1-10-15(19)16(17(20)21)23-24(10)8-14(25)22-9-18-5-11-2-12(6-18)4-13(3-11)7-18/h11-13,17H,2-9H2,1H3,(H,22,25). The summed E-state index contributed by atoms with van der Waals surface area (Å²) in [6, 6.07) is 0. The monoisotopic (exact) mass is 371 g/mol. The van der Waals surface area contributed by atoms with Gasteiger partial charge in [0, 0.05) is 6.54 Å². The molecule has 0 atom stereocenters. The van der Waals surface area contributed by atoms with E-state index in [-0.39, 0.29) is 22.9 Å². The highest BCUT2D eigenvalue weighted by atomic mass is 35.5. The molecule has 138 valence electrons. The van der Waals surface area contributed by atoms with Crippen LogP contribution in [0.25, 0.3) is 0 Å². The molecule has 0 radical (unpaired) electrons. The Morgan fingerprint density at radius 1 is 1.28 bits per heavy atom. The number of aromatic nitrogens is 2. The summed E-state index contributed by atoms with van der Waals surface area (Å²) in [5.41, 5.74) is 0.213. The summed E-state index contributed by atoms with van der Waals surface area (Å²) in [6.45, 7) is 2.24. The summed E-state index contributed by atoms with van der Waals surface area (Å²) in [4.78, 5) is 12.3. The second-order valence-electron chi connectivity index (χ2n) is 8.44. The average Bonchev–Trinajstić information content (AvgIpc) is 2.80. The molecule has 4 nitrogen and oxygen atoms in total. The molecular formula is C18H24ClF2N3O. The lowest BCUT2D eigenvalue weighted by Crippen LogP contribution is -2.51. The molecule has 1 aromatic rings. The maximum atomic E-state index is 12.9. The van der Waals surface area contributed by atoms with Gasteiger partial charge in [0.25, 0.3) is 6.43 Å². The second-order valence-corrected chi connectivity index (χ2v) is 8.82. The van der Waals surface area contributed by atoms with Gasteiger partial charge >= 0.3 is 0 Å². The molecule has 4 bridgehead atoms. The van der Waals surface area contributed by atoms with Gasteiger partial charge in [-0.1, -0.05) is 11.6 Å². The quantitative estimate of drug-likeness (QED) is 0.846. The normalized spacial score (nSPS) is 33.2. The van der Waals surface area contributed by atoms with Gasteiger partial charge in [-0.15, -0.1) is 0 Å². The molecule has 7 heteroatoms. The van der Waals surface area contributed by atoms with E-state index in [0.717, 1.165) is 17.8 Å². The predicted octanol–water partition coefficient (Wildman–Crippen LogP) is 4.12. The smallest absolute Gasteiger partial charge is 0.283 e. The van der Waals surface area contributed by atoms with Crippen molar-refractivity contribution in [3.05, 3.63) is 16.4 Å². The molecule has 0 saturated heterocycles. The first-order chi connectivity index (χ1) is 11.8. The van der Waals surface area contributed by atoms with Crippen molar-refractivity contribution in [3.8, 4) is 0 Å². The fraction of sp³-hybridized carbons (Fsp3) is 0.778. The SMILES string of the molecule is Cc1c(Cl)c(C(F)F)nn1CC(=O)NCC12CC3CC(CC(C3)C1)C2. The third kappa shape index (κ3) is 3.18. The Morgan fingerprint density at radius 2 is 1.84 bits per heavy atom. The summed E-state index contributed by atoms with van der Waals surface area (Å²) in [5, 5.41) is 6.79. The molecule has 0 spiro atoms. The van der Waals surface area contributed by atoms with Crippen LogP contribution in [0.2, 0.25) is 5.02 Å². The number of amides is 1. The van der Waals surface area contributed by atoms with Crippen LogP contribution in [-0.4, -0.2) is 22.2 Å². The van der Waals surface area contributed by atoms with Crippen molar-refractivity contribution in [2.45, 2.75) is 58.4 Å². The lowest BCUT2D eigenvalue weighted by molar-refractivity contribution is -0.124. The van der Waals surface area contributed by atoms with Crippen LogP contribution in [0.1, 0.15) is 56.3 Å². The van der Waals surface area contributed by atoms with Crippen LogP contribution in [0.5, 0.6) is 0 Å². The fourth-order valence-electron chi connectivity index (χ4n) is 5.83. The Hall–Kier alpha value is -1.17. The number of rotatable bonds is 5. The molecule has 1 heterocycles. The van der Waals surface area contributed by atoms with E-state index in [1.165, 1.54) is 43.2 Å². The van der Waals surface area contributed by atoms with Gasteiger partial charge in [0.2, 0.25) is 5.91 Å². The minimum atomic E-state index is -2.73. The Labute approximate surface area is 151 Å². The van der Waals surface area contributed by atoms with Crippen molar-refractivity contribution in [2.24, 2.45) is 23.2 Å². The van der Waals surface area contributed by atoms with Crippen LogP contribution in [0.4, 0.5) is 8.78 Å². The first kappa shape index (κ1) is 17.3. The number of carbonyl (C=O) groups is 1.